The number of rotatable bonds is 3. The van der Waals surface area contributed by atoms with Gasteiger partial charge in [0.1, 0.15) is 0 Å². The minimum atomic E-state index is -3.68. The van der Waals surface area contributed by atoms with Gasteiger partial charge in [0.15, 0.2) is 0 Å². The normalized spacial score (nSPS) is 16.7. The summed E-state index contributed by atoms with van der Waals surface area (Å²) in [6, 6.07) is 5.65. The molecule has 8 heteroatoms. The molecule has 1 aromatic rings. The van der Waals surface area contributed by atoms with Crippen molar-refractivity contribution >= 4 is 21.8 Å². The van der Waals surface area contributed by atoms with Gasteiger partial charge in [0.25, 0.3) is 0 Å². The number of primary amides is 1. The molecule has 21 heavy (non-hydrogen) atoms. The highest BCUT2D eigenvalue weighted by Gasteiger charge is 2.29. The van der Waals surface area contributed by atoms with Crippen LogP contribution in [0, 0.1) is 0 Å². The fourth-order valence-electron chi connectivity index (χ4n) is 2.20. The Hall–Kier alpha value is -1.93. The average Bonchev–Trinajstić information content (AvgIpc) is 2.47. The van der Waals surface area contributed by atoms with E-state index in [-0.39, 0.29) is 29.5 Å². The Morgan fingerprint density at radius 2 is 1.76 bits per heavy atom. The summed E-state index contributed by atoms with van der Waals surface area (Å²) in [6.45, 7) is 2.67. The molecule has 2 N–H and O–H groups in total. The number of nitrogens with two attached hydrogens (primary N) is 1. The molecule has 1 heterocycles. The molecule has 1 saturated heterocycles. The van der Waals surface area contributed by atoms with E-state index in [1.807, 2.05) is 0 Å². The number of piperazine rings is 1. The number of nitrogens with zero attached hydrogens (tertiary/aromatic N) is 2. The SMILES string of the molecule is CC(=O)N1CCN(S(=O)(=O)c2cccc(C(N)=O)c2)CC1. The molecule has 0 unspecified atom stereocenters. The number of hydrogen-bond donors (Lipinski definition) is 1. The molecule has 2 rings (SSSR count). The maximum Gasteiger partial charge on any atom is 0.248 e. The van der Waals surface area contributed by atoms with Crippen molar-refractivity contribution in [1.82, 2.24) is 9.21 Å². The van der Waals surface area contributed by atoms with Crippen molar-refractivity contribution in [1.29, 1.82) is 0 Å². The fourth-order valence-corrected chi connectivity index (χ4v) is 3.67. The van der Waals surface area contributed by atoms with Crippen molar-refractivity contribution in [2.24, 2.45) is 5.73 Å². The van der Waals surface area contributed by atoms with Gasteiger partial charge in [-0.2, -0.15) is 4.31 Å². The lowest BCUT2D eigenvalue weighted by Crippen LogP contribution is -2.49. The van der Waals surface area contributed by atoms with Gasteiger partial charge in [-0.25, -0.2) is 8.42 Å². The molecule has 1 fully saturated rings. The Kier molecular flexibility index (Phi) is 4.29. The molecule has 1 aromatic carbocycles. The van der Waals surface area contributed by atoms with Gasteiger partial charge in [-0.1, -0.05) is 6.07 Å². The molecule has 0 aromatic heterocycles. The van der Waals surface area contributed by atoms with Crippen molar-refractivity contribution in [3.05, 3.63) is 29.8 Å². The second-order valence-corrected chi connectivity index (χ2v) is 6.74. The van der Waals surface area contributed by atoms with E-state index < -0.39 is 15.9 Å². The number of amides is 2. The standard InChI is InChI=1S/C13H17N3O4S/c1-10(17)15-5-7-16(8-6-15)21(19,20)12-4-2-3-11(9-12)13(14)18/h2-4,9H,5-8H2,1H3,(H2,14,18). The summed E-state index contributed by atoms with van der Waals surface area (Å²) in [4.78, 5) is 24.0. The lowest BCUT2D eigenvalue weighted by atomic mass is 10.2. The molecule has 7 nitrogen and oxygen atoms in total. The molecular formula is C13H17N3O4S. The molecule has 0 spiro atoms. The highest BCUT2D eigenvalue weighted by Crippen LogP contribution is 2.18. The minimum absolute atomic E-state index is 0.0371. The molecule has 0 aliphatic carbocycles. The van der Waals surface area contributed by atoms with Crippen LogP contribution in [0.3, 0.4) is 0 Å². The van der Waals surface area contributed by atoms with E-state index >= 15 is 0 Å². The topological polar surface area (TPSA) is 101 Å². The van der Waals surface area contributed by atoms with E-state index in [0.29, 0.717) is 13.1 Å². The Morgan fingerprint density at radius 1 is 1.14 bits per heavy atom. The Labute approximate surface area is 123 Å². The zero-order valence-electron chi connectivity index (χ0n) is 11.7. The smallest absolute Gasteiger partial charge is 0.248 e. The molecule has 114 valence electrons. The van der Waals surface area contributed by atoms with Crippen LogP contribution in [-0.2, 0) is 14.8 Å². The molecular weight excluding hydrogens is 294 g/mol. The van der Waals surface area contributed by atoms with Crippen LogP contribution < -0.4 is 5.73 Å². The highest BCUT2D eigenvalue weighted by atomic mass is 32.2. The first-order valence-corrected chi connectivity index (χ1v) is 7.92. The quantitative estimate of drug-likeness (QED) is 0.823. The van der Waals surface area contributed by atoms with Crippen LogP contribution >= 0.6 is 0 Å². The molecule has 2 amide bonds. The van der Waals surface area contributed by atoms with Crippen LogP contribution in [0.2, 0.25) is 0 Å². The summed E-state index contributed by atoms with van der Waals surface area (Å²) in [6.07, 6.45) is 0. The molecule has 0 saturated carbocycles. The van der Waals surface area contributed by atoms with Crippen LogP contribution in [0.1, 0.15) is 17.3 Å². The van der Waals surface area contributed by atoms with Gasteiger partial charge in [-0.3, -0.25) is 9.59 Å². The zero-order valence-corrected chi connectivity index (χ0v) is 12.5. The molecule has 1 aliphatic heterocycles. The van der Waals surface area contributed by atoms with E-state index in [2.05, 4.69) is 0 Å². The van der Waals surface area contributed by atoms with Gasteiger partial charge in [-0.05, 0) is 18.2 Å². The fraction of sp³-hybridized carbons (Fsp3) is 0.385. The Bertz CT molecular complexity index is 664. The van der Waals surface area contributed by atoms with Gasteiger partial charge in [0, 0.05) is 38.7 Å². The van der Waals surface area contributed by atoms with E-state index in [1.54, 1.807) is 4.90 Å². The lowest BCUT2D eigenvalue weighted by molar-refractivity contribution is -0.129. The summed E-state index contributed by atoms with van der Waals surface area (Å²) in [5.41, 5.74) is 5.32. The van der Waals surface area contributed by atoms with Crippen LogP contribution in [0.5, 0.6) is 0 Å². The van der Waals surface area contributed by atoms with Crippen molar-refractivity contribution in [2.45, 2.75) is 11.8 Å². The number of sulfonamides is 1. The second kappa shape index (κ2) is 5.82. The second-order valence-electron chi connectivity index (χ2n) is 4.80. The van der Waals surface area contributed by atoms with Gasteiger partial charge in [0.2, 0.25) is 21.8 Å². The molecule has 0 bridgehead atoms. The Balaban J connectivity index is 2.21. The third kappa shape index (κ3) is 3.22. The number of carbonyl (C=O) groups excluding carboxylic acids is 2. The van der Waals surface area contributed by atoms with Crippen LogP contribution in [0.4, 0.5) is 0 Å². The third-order valence-corrected chi connectivity index (χ3v) is 5.33. The summed E-state index contributed by atoms with van der Waals surface area (Å²) >= 11 is 0. The van der Waals surface area contributed by atoms with E-state index in [9.17, 15) is 18.0 Å². The van der Waals surface area contributed by atoms with Crippen LogP contribution in [0.15, 0.2) is 29.2 Å². The lowest BCUT2D eigenvalue weighted by Gasteiger charge is -2.33. The van der Waals surface area contributed by atoms with Gasteiger partial charge < -0.3 is 10.6 Å². The van der Waals surface area contributed by atoms with Crippen molar-refractivity contribution in [3.8, 4) is 0 Å². The summed E-state index contributed by atoms with van der Waals surface area (Å²) < 4.78 is 26.3. The van der Waals surface area contributed by atoms with Gasteiger partial charge in [0.05, 0.1) is 4.90 Å². The Morgan fingerprint density at radius 3 is 2.29 bits per heavy atom. The van der Waals surface area contributed by atoms with Crippen molar-refractivity contribution in [3.63, 3.8) is 0 Å². The summed E-state index contributed by atoms with van der Waals surface area (Å²) in [7, 11) is -3.68. The van der Waals surface area contributed by atoms with Gasteiger partial charge >= 0.3 is 0 Å². The van der Waals surface area contributed by atoms with Crippen LogP contribution in [0.25, 0.3) is 0 Å². The summed E-state index contributed by atoms with van der Waals surface area (Å²) in [5, 5.41) is 0. The van der Waals surface area contributed by atoms with Crippen molar-refractivity contribution in [2.75, 3.05) is 26.2 Å². The minimum Gasteiger partial charge on any atom is -0.366 e. The van der Waals surface area contributed by atoms with Crippen LogP contribution in [-0.4, -0.2) is 55.6 Å². The van der Waals surface area contributed by atoms with E-state index in [1.165, 1.54) is 35.5 Å². The number of benzene rings is 1. The van der Waals surface area contributed by atoms with E-state index in [4.69, 9.17) is 5.73 Å². The highest BCUT2D eigenvalue weighted by molar-refractivity contribution is 7.89. The predicted octanol–water partition coefficient (Wildman–Crippen LogP) is -0.362. The van der Waals surface area contributed by atoms with E-state index in [0.717, 1.165) is 0 Å². The monoisotopic (exact) mass is 311 g/mol. The number of carbonyl (C=O) groups is 2. The molecule has 1 aliphatic rings. The van der Waals surface area contributed by atoms with Gasteiger partial charge in [-0.15, -0.1) is 0 Å². The largest absolute Gasteiger partial charge is 0.366 e. The summed E-state index contributed by atoms with van der Waals surface area (Å²) in [5.74, 6) is -0.740. The first-order valence-electron chi connectivity index (χ1n) is 6.48. The van der Waals surface area contributed by atoms with Crippen molar-refractivity contribution < 1.29 is 18.0 Å². The predicted molar refractivity (Wildman–Crippen MR) is 76.0 cm³/mol. The first-order chi connectivity index (χ1) is 9.82. The maximum absolute atomic E-state index is 12.5. The third-order valence-electron chi connectivity index (χ3n) is 3.44. The zero-order chi connectivity index (χ0) is 15.6. The molecule has 0 radical (unpaired) electrons. The first kappa shape index (κ1) is 15.5. The number of hydrogen-bond acceptors (Lipinski definition) is 4. The molecule has 0 atom stereocenters. The average molecular weight is 311 g/mol. The maximum atomic E-state index is 12.5.